The molecular weight excluding hydrogens is 292 g/mol. The van der Waals surface area contributed by atoms with Gasteiger partial charge in [-0.15, -0.1) is 0 Å². The molecule has 0 aliphatic heterocycles. The Hall–Kier alpha value is -1.03. The first kappa shape index (κ1) is 13.4. The Morgan fingerprint density at radius 2 is 2.11 bits per heavy atom. The summed E-state index contributed by atoms with van der Waals surface area (Å²) in [5.74, 6) is 0.0643. The summed E-state index contributed by atoms with van der Waals surface area (Å²) in [4.78, 5) is 14.5. The molecule has 0 radical (unpaired) electrons. The average Bonchev–Trinajstić information content (AvgIpc) is 2.83. The van der Waals surface area contributed by atoms with Crippen LogP contribution in [-0.2, 0) is 0 Å². The number of nitrogens with two attached hydrogens (primary N) is 1. The molecule has 0 spiro atoms. The number of halogens is 1. The maximum atomic E-state index is 12.5. The minimum atomic E-state index is 0.0643. The minimum Gasteiger partial charge on any atom is -0.398 e. The van der Waals surface area contributed by atoms with Crippen LogP contribution in [0.15, 0.2) is 22.7 Å². The summed E-state index contributed by atoms with van der Waals surface area (Å²) in [5, 5.41) is 0. The van der Waals surface area contributed by atoms with E-state index < -0.39 is 0 Å². The predicted octanol–water partition coefficient (Wildman–Crippen LogP) is 3.44. The van der Waals surface area contributed by atoms with Crippen molar-refractivity contribution in [3.05, 3.63) is 28.2 Å². The normalized spacial score (nSPS) is 15.9. The monoisotopic (exact) mass is 310 g/mol. The van der Waals surface area contributed by atoms with Crippen LogP contribution in [0.2, 0.25) is 0 Å². The molecule has 98 valence electrons. The zero-order chi connectivity index (χ0) is 13.1. The third-order valence-corrected chi connectivity index (χ3v) is 4.10. The van der Waals surface area contributed by atoms with Crippen molar-refractivity contribution in [1.29, 1.82) is 0 Å². The number of nitrogens with zero attached hydrogens (tertiary/aromatic N) is 1. The minimum absolute atomic E-state index is 0.0643. The molecule has 1 aromatic rings. The Labute approximate surface area is 116 Å². The molecule has 2 N–H and O–H groups in total. The van der Waals surface area contributed by atoms with E-state index in [1.165, 1.54) is 12.8 Å². The van der Waals surface area contributed by atoms with Crippen molar-refractivity contribution in [3.8, 4) is 0 Å². The van der Waals surface area contributed by atoms with Gasteiger partial charge in [0, 0.05) is 22.7 Å². The fourth-order valence-electron chi connectivity index (χ4n) is 2.67. The molecule has 1 aliphatic carbocycles. The molecule has 0 bridgehead atoms. The lowest BCUT2D eigenvalue weighted by atomic mass is 10.1. The number of carbonyl (C=O) groups is 1. The second-order valence-corrected chi connectivity index (χ2v) is 5.68. The summed E-state index contributed by atoms with van der Waals surface area (Å²) < 4.78 is 0.903. The van der Waals surface area contributed by atoms with Crippen LogP contribution in [0, 0.1) is 0 Å². The van der Waals surface area contributed by atoms with Gasteiger partial charge in [-0.2, -0.15) is 0 Å². The lowest BCUT2D eigenvalue weighted by Crippen LogP contribution is -2.38. The van der Waals surface area contributed by atoms with E-state index in [1.807, 2.05) is 17.9 Å². The summed E-state index contributed by atoms with van der Waals surface area (Å²) >= 11 is 3.36. The second-order valence-electron chi connectivity index (χ2n) is 4.76. The fourth-order valence-corrected chi connectivity index (χ4v) is 3.05. The van der Waals surface area contributed by atoms with Crippen molar-refractivity contribution in [3.63, 3.8) is 0 Å². The van der Waals surface area contributed by atoms with Crippen LogP contribution in [0.4, 0.5) is 5.69 Å². The van der Waals surface area contributed by atoms with E-state index in [0.29, 0.717) is 17.3 Å². The van der Waals surface area contributed by atoms with E-state index in [2.05, 4.69) is 15.9 Å². The Morgan fingerprint density at radius 1 is 1.44 bits per heavy atom. The molecule has 4 heteroatoms. The smallest absolute Gasteiger partial charge is 0.256 e. The van der Waals surface area contributed by atoms with Gasteiger partial charge in [0.05, 0.1) is 5.56 Å². The highest BCUT2D eigenvalue weighted by atomic mass is 79.9. The molecular formula is C14H19BrN2O. The van der Waals surface area contributed by atoms with Gasteiger partial charge in [0.2, 0.25) is 0 Å². The number of hydrogen-bond acceptors (Lipinski definition) is 2. The number of benzene rings is 1. The molecule has 0 heterocycles. The van der Waals surface area contributed by atoms with Gasteiger partial charge in [-0.25, -0.2) is 0 Å². The van der Waals surface area contributed by atoms with Gasteiger partial charge >= 0.3 is 0 Å². The number of anilines is 1. The highest BCUT2D eigenvalue weighted by molar-refractivity contribution is 9.10. The summed E-state index contributed by atoms with van der Waals surface area (Å²) in [7, 11) is 0. The van der Waals surface area contributed by atoms with Gasteiger partial charge in [-0.05, 0) is 38.0 Å². The Morgan fingerprint density at radius 3 is 2.67 bits per heavy atom. The van der Waals surface area contributed by atoms with E-state index in [1.54, 1.807) is 12.1 Å². The van der Waals surface area contributed by atoms with Gasteiger partial charge in [0.25, 0.3) is 5.91 Å². The summed E-state index contributed by atoms with van der Waals surface area (Å²) in [6.45, 7) is 2.78. The van der Waals surface area contributed by atoms with Crippen LogP contribution in [-0.4, -0.2) is 23.4 Å². The molecule has 0 unspecified atom stereocenters. The van der Waals surface area contributed by atoms with E-state index in [-0.39, 0.29) is 5.91 Å². The number of amides is 1. The van der Waals surface area contributed by atoms with E-state index in [4.69, 9.17) is 5.73 Å². The van der Waals surface area contributed by atoms with Gasteiger partial charge in [0.15, 0.2) is 0 Å². The molecule has 0 atom stereocenters. The van der Waals surface area contributed by atoms with Crippen molar-refractivity contribution in [2.24, 2.45) is 0 Å². The Kier molecular flexibility index (Phi) is 4.27. The molecule has 1 aromatic carbocycles. The van der Waals surface area contributed by atoms with Crippen LogP contribution < -0.4 is 5.73 Å². The van der Waals surface area contributed by atoms with Gasteiger partial charge in [0.1, 0.15) is 0 Å². The molecule has 1 fully saturated rings. The largest absolute Gasteiger partial charge is 0.398 e. The van der Waals surface area contributed by atoms with Gasteiger partial charge in [-0.1, -0.05) is 28.8 Å². The maximum absolute atomic E-state index is 12.5. The molecule has 18 heavy (non-hydrogen) atoms. The lowest BCUT2D eigenvalue weighted by molar-refractivity contribution is 0.0694. The quantitative estimate of drug-likeness (QED) is 0.869. The highest BCUT2D eigenvalue weighted by Crippen LogP contribution is 2.26. The number of hydrogen-bond donors (Lipinski definition) is 1. The fraction of sp³-hybridized carbons (Fsp3) is 0.500. The number of nitrogen functional groups attached to an aromatic ring is 1. The maximum Gasteiger partial charge on any atom is 0.256 e. The molecule has 1 amide bonds. The average molecular weight is 311 g/mol. The first-order chi connectivity index (χ1) is 8.63. The number of carbonyl (C=O) groups excluding carboxylic acids is 1. The van der Waals surface area contributed by atoms with E-state index >= 15 is 0 Å². The zero-order valence-corrected chi connectivity index (χ0v) is 12.2. The first-order valence-corrected chi connectivity index (χ1v) is 7.28. The molecule has 1 saturated carbocycles. The van der Waals surface area contributed by atoms with Crippen LogP contribution >= 0.6 is 15.9 Å². The molecule has 1 aliphatic rings. The van der Waals surface area contributed by atoms with Crippen molar-refractivity contribution in [2.75, 3.05) is 12.3 Å². The summed E-state index contributed by atoms with van der Waals surface area (Å²) in [6.07, 6.45) is 4.69. The van der Waals surface area contributed by atoms with Crippen LogP contribution in [0.1, 0.15) is 43.0 Å². The van der Waals surface area contributed by atoms with Crippen molar-refractivity contribution >= 4 is 27.5 Å². The highest BCUT2D eigenvalue weighted by Gasteiger charge is 2.26. The van der Waals surface area contributed by atoms with Crippen molar-refractivity contribution in [2.45, 2.75) is 38.6 Å². The molecule has 0 aromatic heterocycles. The molecule has 2 rings (SSSR count). The van der Waals surface area contributed by atoms with Crippen molar-refractivity contribution in [1.82, 2.24) is 4.90 Å². The standard InChI is InChI=1S/C14H19BrN2O/c1-2-17(11-5-3-4-6-11)14(18)12-8-7-10(15)9-13(12)16/h7-9,11H,2-6,16H2,1H3. The van der Waals surface area contributed by atoms with Gasteiger partial charge < -0.3 is 10.6 Å². The van der Waals surface area contributed by atoms with Crippen LogP contribution in [0.3, 0.4) is 0 Å². The Balaban J connectivity index is 2.22. The number of rotatable bonds is 3. The van der Waals surface area contributed by atoms with Crippen LogP contribution in [0.5, 0.6) is 0 Å². The SMILES string of the molecule is CCN(C(=O)c1ccc(Br)cc1N)C1CCCC1. The molecule has 3 nitrogen and oxygen atoms in total. The third kappa shape index (κ3) is 2.69. The summed E-state index contributed by atoms with van der Waals surface area (Å²) in [5.41, 5.74) is 7.10. The van der Waals surface area contributed by atoms with Crippen molar-refractivity contribution < 1.29 is 4.79 Å². The predicted molar refractivity (Wildman–Crippen MR) is 77.5 cm³/mol. The summed E-state index contributed by atoms with van der Waals surface area (Å²) in [6, 6.07) is 5.85. The topological polar surface area (TPSA) is 46.3 Å². The van der Waals surface area contributed by atoms with E-state index in [9.17, 15) is 4.79 Å². The Bertz CT molecular complexity index is 441. The second kappa shape index (κ2) is 5.74. The zero-order valence-electron chi connectivity index (χ0n) is 10.7. The van der Waals surface area contributed by atoms with Crippen LogP contribution in [0.25, 0.3) is 0 Å². The van der Waals surface area contributed by atoms with E-state index in [0.717, 1.165) is 23.9 Å². The third-order valence-electron chi connectivity index (χ3n) is 3.61. The lowest BCUT2D eigenvalue weighted by Gasteiger charge is -2.28. The first-order valence-electron chi connectivity index (χ1n) is 6.49. The van der Waals surface area contributed by atoms with Gasteiger partial charge in [-0.3, -0.25) is 4.79 Å². The molecule has 0 saturated heterocycles.